The SMILES string of the molecule is CCN(CC(F)(F)F)C(=O)c1ccncc1C=CC(=O)O. The summed E-state index contributed by atoms with van der Waals surface area (Å²) in [6.45, 7) is -0.0624. The number of hydrogen-bond acceptors (Lipinski definition) is 3. The Kier molecular flexibility index (Phi) is 5.45. The molecule has 0 fully saturated rings. The van der Waals surface area contributed by atoms with Gasteiger partial charge in [-0.2, -0.15) is 13.2 Å². The first-order valence-corrected chi connectivity index (χ1v) is 5.95. The van der Waals surface area contributed by atoms with E-state index in [1.54, 1.807) is 0 Å². The number of carbonyl (C=O) groups is 2. The first-order valence-electron chi connectivity index (χ1n) is 5.95. The zero-order valence-corrected chi connectivity index (χ0v) is 11.1. The summed E-state index contributed by atoms with van der Waals surface area (Å²) in [6, 6.07) is 1.25. The Hall–Kier alpha value is -2.38. The average Bonchev–Trinajstić information content (AvgIpc) is 2.41. The fourth-order valence-corrected chi connectivity index (χ4v) is 1.61. The van der Waals surface area contributed by atoms with Crippen LogP contribution in [0.2, 0.25) is 0 Å². The monoisotopic (exact) mass is 302 g/mol. The first kappa shape index (κ1) is 16.7. The molecule has 8 heteroatoms. The molecule has 1 aromatic rings. The Morgan fingerprint density at radius 3 is 2.62 bits per heavy atom. The van der Waals surface area contributed by atoms with E-state index in [-0.39, 0.29) is 17.7 Å². The number of rotatable bonds is 5. The lowest BCUT2D eigenvalue weighted by Crippen LogP contribution is -2.39. The molecule has 1 rings (SSSR count). The third kappa shape index (κ3) is 5.25. The van der Waals surface area contributed by atoms with Crippen molar-refractivity contribution < 1.29 is 27.9 Å². The fraction of sp³-hybridized carbons (Fsp3) is 0.308. The summed E-state index contributed by atoms with van der Waals surface area (Å²) in [5.74, 6) is -2.07. The van der Waals surface area contributed by atoms with Gasteiger partial charge in [0.25, 0.3) is 5.91 Å². The predicted molar refractivity (Wildman–Crippen MR) is 68.5 cm³/mol. The van der Waals surface area contributed by atoms with E-state index in [1.807, 2.05) is 0 Å². The van der Waals surface area contributed by atoms with Crippen LogP contribution in [0.5, 0.6) is 0 Å². The lowest BCUT2D eigenvalue weighted by molar-refractivity contribution is -0.140. The largest absolute Gasteiger partial charge is 0.478 e. The third-order valence-corrected chi connectivity index (χ3v) is 2.53. The quantitative estimate of drug-likeness (QED) is 0.847. The molecule has 0 spiro atoms. The summed E-state index contributed by atoms with van der Waals surface area (Å²) in [4.78, 5) is 27.0. The van der Waals surface area contributed by atoms with E-state index in [1.165, 1.54) is 25.4 Å². The van der Waals surface area contributed by atoms with Crippen LogP contribution in [0.25, 0.3) is 6.08 Å². The minimum atomic E-state index is -4.50. The summed E-state index contributed by atoms with van der Waals surface area (Å²) in [6.07, 6.45) is -0.130. The summed E-state index contributed by atoms with van der Waals surface area (Å²) in [5, 5.41) is 8.56. The van der Waals surface area contributed by atoms with Gasteiger partial charge < -0.3 is 10.0 Å². The maximum Gasteiger partial charge on any atom is 0.406 e. The molecule has 0 atom stereocenters. The van der Waals surface area contributed by atoms with Crippen LogP contribution >= 0.6 is 0 Å². The predicted octanol–water partition coefficient (Wildman–Crippen LogP) is 2.20. The van der Waals surface area contributed by atoms with Crippen LogP contribution in [0.4, 0.5) is 13.2 Å². The second-order valence-electron chi connectivity index (χ2n) is 4.07. The minimum Gasteiger partial charge on any atom is -0.478 e. The van der Waals surface area contributed by atoms with Crippen LogP contribution in [0.3, 0.4) is 0 Å². The molecule has 1 heterocycles. The maximum absolute atomic E-state index is 12.4. The van der Waals surface area contributed by atoms with E-state index in [0.717, 1.165) is 12.2 Å². The van der Waals surface area contributed by atoms with Gasteiger partial charge in [0.05, 0.1) is 0 Å². The second-order valence-corrected chi connectivity index (χ2v) is 4.07. The van der Waals surface area contributed by atoms with Crippen molar-refractivity contribution in [1.82, 2.24) is 9.88 Å². The normalized spacial score (nSPS) is 11.6. The number of nitrogens with zero attached hydrogens (tertiary/aromatic N) is 2. The van der Waals surface area contributed by atoms with Crippen LogP contribution in [-0.2, 0) is 4.79 Å². The Balaban J connectivity index is 3.08. The highest BCUT2D eigenvalue weighted by Crippen LogP contribution is 2.19. The van der Waals surface area contributed by atoms with Gasteiger partial charge in [-0.25, -0.2) is 4.79 Å². The maximum atomic E-state index is 12.4. The molecule has 5 nitrogen and oxygen atoms in total. The molecular weight excluding hydrogens is 289 g/mol. The second kappa shape index (κ2) is 6.87. The summed E-state index contributed by atoms with van der Waals surface area (Å²) in [7, 11) is 0. The van der Waals surface area contributed by atoms with E-state index in [4.69, 9.17) is 5.11 Å². The van der Waals surface area contributed by atoms with E-state index in [9.17, 15) is 22.8 Å². The molecule has 0 bridgehead atoms. The van der Waals surface area contributed by atoms with Gasteiger partial charge in [-0.15, -0.1) is 0 Å². The van der Waals surface area contributed by atoms with Gasteiger partial charge in [0.15, 0.2) is 0 Å². The molecular formula is C13H13F3N2O3. The molecule has 21 heavy (non-hydrogen) atoms. The van der Waals surface area contributed by atoms with Crippen molar-refractivity contribution in [3.05, 3.63) is 35.7 Å². The van der Waals surface area contributed by atoms with Crippen molar-refractivity contribution in [2.24, 2.45) is 0 Å². The standard InChI is InChI=1S/C13H13F3N2O3/c1-2-18(8-13(14,15)16)12(21)10-5-6-17-7-9(10)3-4-11(19)20/h3-7H,2,8H2,1H3,(H,19,20). The van der Waals surface area contributed by atoms with E-state index in [2.05, 4.69) is 4.98 Å². The highest BCUT2D eigenvalue weighted by molar-refractivity contribution is 5.98. The number of amides is 1. The lowest BCUT2D eigenvalue weighted by atomic mass is 10.1. The first-order chi connectivity index (χ1) is 9.74. The van der Waals surface area contributed by atoms with Gasteiger partial charge in [0, 0.05) is 36.1 Å². The topological polar surface area (TPSA) is 70.5 Å². The van der Waals surface area contributed by atoms with Crippen LogP contribution in [0, 0.1) is 0 Å². The smallest absolute Gasteiger partial charge is 0.406 e. The van der Waals surface area contributed by atoms with Crippen LogP contribution in [0.1, 0.15) is 22.8 Å². The molecule has 1 N–H and O–H groups in total. The van der Waals surface area contributed by atoms with Crippen molar-refractivity contribution >= 4 is 18.0 Å². The number of carboxylic acids is 1. The van der Waals surface area contributed by atoms with E-state index >= 15 is 0 Å². The highest BCUT2D eigenvalue weighted by atomic mass is 19.4. The Bertz CT molecular complexity index is 556. The number of hydrogen-bond donors (Lipinski definition) is 1. The van der Waals surface area contributed by atoms with E-state index in [0.29, 0.717) is 4.90 Å². The number of carboxylic acid groups (broad SMARTS) is 1. The van der Waals surface area contributed by atoms with Crippen molar-refractivity contribution in [3.8, 4) is 0 Å². The van der Waals surface area contributed by atoms with Gasteiger partial charge in [-0.3, -0.25) is 9.78 Å². The molecule has 0 aliphatic rings. The number of aromatic nitrogens is 1. The van der Waals surface area contributed by atoms with Gasteiger partial charge in [-0.05, 0) is 19.1 Å². The molecule has 0 radical (unpaired) electrons. The molecule has 0 saturated heterocycles. The molecule has 0 saturated carbocycles. The summed E-state index contributed by atoms with van der Waals surface area (Å²) >= 11 is 0. The fourth-order valence-electron chi connectivity index (χ4n) is 1.61. The van der Waals surface area contributed by atoms with Crippen molar-refractivity contribution in [2.45, 2.75) is 13.1 Å². The van der Waals surface area contributed by atoms with Crippen LogP contribution in [-0.4, -0.2) is 46.1 Å². The number of aliphatic carboxylic acids is 1. The number of carbonyl (C=O) groups excluding carboxylic acids is 1. The molecule has 0 aliphatic carbocycles. The molecule has 0 unspecified atom stereocenters. The van der Waals surface area contributed by atoms with Crippen molar-refractivity contribution in [2.75, 3.05) is 13.1 Å². The summed E-state index contributed by atoms with van der Waals surface area (Å²) in [5.41, 5.74) is 0.110. The number of pyridine rings is 1. The molecule has 0 aromatic carbocycles. The molecule has 0 aliphatic heterocycles. The Morgan fingerprint density at radius 1 is 1.43 bits per heavy atom. The number of alkyl halides is 3. The van der Waals surface area contributed by atoms with Crippen molar-refractivity contribution in [1.29, 1.82) is 0 Å². The number of halogens is 3. The Morgan fingerprint density at radius 2 is 2.10 bits per heavy atom. The molecule has 1 amide bonds. The van der Waals surface area contributed by atoms with Gasteiger partial charge in [0.2, 0.25) is 0 Å². The average molecular weight is 302 g/mol. The zero-order chi connectivity index (χ0) is 16.0. The van der Waals surface area contributed by atoms with Crippen molar-refractivity contribution in [3.63, 3.8) is 0 Å². The van der Waals surface area contributed by atoms with Gasteiger partial charge in [0.1, 0.15) is 6.54 Å². The van der Waals surface area contributed by atoms with E-state index < -0.39 is 24.6 Å². The van der Waals surface area contributed by atoms with Gasteiger partial charge in [-0.1, -0.05) is 0 Å². The minimum absolute atomic E-state index is 0.0337. The third-order valence-electron chi connectivity index (χ3n) is 2.53. The highest BCUT2D eigenvalue weighted by Gasteiger charge is 2.33. The van der Waals surface area contributed by atoms with Crippen LogP contribution in [0.15, 0.2) is 24.5 Å². The lowest BCUT2D eigenvalue weighted by Gasteiger charge is -2.23. The molecule has 114 valence electrons. The van der Waals surface area contributed by atoms with Crippen LogP contribution < -0.4 is 0 Å². The summed E-state index contributed by atoms with van der Waals surface area (Å²) < 4.78 is 37.3. The zero-order valence-electron chi connectivity index (χ0n) is 11.1. The molecule has 1 aromatic heterocycles. The van der Waals surface area contributed by atoms with Gasteiger partial charge >= 0.3 is 12.1 Å². The Labute approximate surface area is 118 Å².